The van der Waals surface area contributed by atoms with Gasteiger partial charge in [-0.2, -0.15) is 25.3 Å². The molecule has 0 rings (SSSR count). The Hall–Kier alpha value is -0.360. The summed E-state index contributed by atoms with van der Waals surface area (Å²) in [4.78, 5) is 21.5. The largest absolute Gasteiger partial charge is 0.480 e. The van der Waals surface area contributed by atoms with E-state index in [1.807, 2.05) is 0 Å². The highest BCUT2D eigenvalue weighted by molar-refractivity contribution is 7.80. The number of thiol groups is 2. The zero-order chi connectivity index (χ0) is 10.3. The van der Waals surface area contributed by atoms with E-state index in [0.717, 1.165) is 0 Å². The molecule has 13 heavy (non-hydrogen) atoms. The number of carbonyl (C=O) groups excluding carboxylic acids is 1. The number of rotatable bonds is 6. The molecule has 76 valence electrons. The minimum atomic E-state index is -1.06. The quantitative estimate of drug-likeness (QED) is 0.486. The summed E-state index contributed by atoms with van der Waals surface area (Å²) in [7, 11) is 0. The van der Waals surface area contributed by atoms with Gasteiger partial charge in [-0.15, -0.1) is 0 Å². The molecule has 0 aliphatic carbocycles. The van der Waals surface area contributed by atoms with Gasteiger partial charge in [-0.05, 0) is 12.2 Å². The van der Waals surface area contributed by atoms with Crippen molar-refractivity contribution in [3.8, 4) is 0 Å². The van der Waals surface area contributed by atoms with Crippen LogP contribution >= 0.6 is 25.3 Å². The fourth-order valence-corrected chi connectivity index (χ4v) is 1.10. The van der Waals surface area contributed by atoms with Crippen molar-refractivity contribution < 1.29 is 14.7 Å². The van der Waals surface area contributed by atoms with E-state index < -0.39 is 12.0 Å². The number of carboxylic acid groups (broad SMARTS) is 1. The number of carboxylic acids is 1. The second-order valence-corrected chi connectivity index (χ2v) is 3.28. The SMILES string of the molecule is O=C(CCCS)N[C@@H](CS)C(=O)O. The predicted molar refractivity (Wildman–Crippen MR) is 56.5 cm³/mol. The molecule has 1 amide bonds. The number of hydrogen-bond acceptors (Lipinski definition) is 4. The second-order valence-electron chi connectivity index (χ2n) is 2.47. The molecule has 0 saturated heterocycles. The van der Waals surface area contributed by atoms with Gasteiger partial charge in [0.05, 0.1) is 0 Å². The van der Waals surface area contributed by atoms with Gasteiger partial charge >= 0.3 is 5.97 Å². The fourth-order valence-electron chi connectivity index (χ4n) is 0.692. The molecular formula is C7H13NO3S2. The molecule has 1 atom stereocenters. The zero-order valence-electron chi connectivity index (χ0n) is 7.06. The molecule has 2 N–H and O–H groups in total. The van der Waals surface area contributed by atoms with Crippen LogP contribution < -0.4 is 5.32 Å². The molecule has 0 spiro atoms. The van der Waals surface area contributed by atoms with E-state index in [4.69, 9.17) is 5.11 Å². The molecule has 0 aromatic rings. The minimum Gasteiger partial charge on any atom is -0.480 e. The highest BCUT2D eigenvalue weighted by atomic mass is 32.1. The lowest BCUT2D eigenvalue weighted by atomic mass is 10.3. The summed E-state index contributed by atoms with van der Waals surface area (Å²) in [5.74, 6) is -0.613. The van der Waals surface area contributed by atoms with Gasteiger partial charge < -0.3 is 10.4 Å². The Morgan fingerprint density at radius 1 is 1.38 bits per heavy atom. The molecule has 0 fully saturated rings. The normalized spacial score (nSPS) is 12.2. The highest BCUT2D eigenvalue weighted by Crippen LogP contribution is 1.94. The van der Waals surface area contributed by atoms with Crippen molar-refractivity contribution in [3.63, 3.8) is 0 Å². The molecule has 0 heterocycles. The van der Waals surface area contributed by atoms with Crippen LogP contribution in [0.15, 0.2) is 0 Å². The molecule has 0 aliphatic heterocycles. The van der Waals surface area contributed by atoms with Gasteiger partial charge in [-0.3, -0.25) is 4.79 Å². The lowest BCUT2D eigenvalue weighted by molar-refractivity contribution is -0.141. The van der Waals surface area contributed by atoms with Gasteiger partial charge in [0.1, 0.15) is 6.04 Å². The third-order valence-corrected chi connectivity index (χ3v) is 2.06. The van der Waals surface area contributed by atoms with E-state index in [0.29, 0.717) is 18.6 Å². The number of carbonyl (C=O) groups is 2. The van der Waals surface area contributed by atoms with Crippen LogP contribution in [0.25, 0.3) is 0 Å². The van der Waals surface area contributed by atoms with Crippen LogP contribution in [0.2, 0.25) is 0 Å². The van der Waals surface area contributed by atoms with Crippen LogP contribution in [0.5, 0.6) is 0 Å². The zero-order valence-corrected chi connectivity index (χ0v) is 8.85. The van der Waals surface area contributed by atoms with Crippen molar-refractivity contribution in [1.82, 2.24) is 5.32 Å². The number of aliphatic carboxylic acids is 1. The molecule has 4 nitrogen and oxygen atoms in total. The van der Waals surface area contributed by atoms with Crippen molar-refractivity contribution in [1.29, 1.82) is 0 Å². The van der Waals surface area contributed by atoms with Crippen LogP contribution in [0.3, 0.4) is 0 Å². The average molecular weight is 223 g/mol. The van der Waals surface area contributed by atoms with E-state index in [-0.39, 0.29) is 11.7 Å². The lowest BCUT2D eigenvalue weighted by Gasteiger charge is -2.10. The molecule has 0 unspecified atom stereocenters. The molecule has 0 saturated carbocycles. The summed E-state index contributed by atoms with van der Waals surface area (Å²) in [6, 6.07) is -0.893. The van der Waals surface area contributed by atoms with Gasteiger partial charge in [-0.1, -0.05) is 0 Å². The van der Waals surface area contributed by atoms with Crippen LogP contribution in [0.1, 0.15) is 12.8 Å². The summed E-state index contributed by atoms with van der Waals surface area (Å²) in [5, 5.41) is 10.9. The number of hydrogen-bond donors (Lipinski definition) is 4. The van der Waals surface area contributed by atoms with Crippen molar-refractivity contribution in [2.24, 2.45) is 0 Å². The first kappa shape index (κ1) is 12.6. The molecule has 0 radical (unpaired) electrons. The molecular weight excluding hydrogens is 210 g/mol. The summed E-state index contributed by atoms with van der Waals surface area (Å²) in [6.45, 7) is 0. The van der Waals surface area contributed by atoms with E-state index >= 15 is 0 Å². The lowest BCUT2D eigenvalue weighted by Crippen LogP contribution is -2.42. The van der Waals surface area contributed by atoms with E-state index in [2.05, 4.69) is 30.6 Å². The van der Waals surface area contributed by atoms with E-state index in [1.54, 1.807) is 0 Å². The fraction of sp³-hybridized carbons (Fsp3) is 0.714. The third kappa shape index (κ3) is 5.81. The number of nitrogens with one attached hydrogen (secondary N) is 1. The first-order valence-corrected chi connectivity index (χ1v) is 5.12. The van der Waals surface area contributed by atoms with Gasteiger partial charge in [0.25, 0.3) is 0 Å². The first-order chi connectivity index (χ1) is 6.11. The Labute approximate surface area is 87.9 Å². The Balaban J connectivity index is 3.80. The Morgan fingerprint density at radius 2 is 2.00 bits per heavy atom. The highest BCUT2D eigenvalue weighted by Gasteiger charge is 2.17. The van der Waals surface area contributed by atoms with E-state index in [1.165, 1.54) is 0 Å². The van der Waals surface area contributed by atoms with Crippen molar-refractivity contribution in [2.45, 2.75) is 18.9 Å². The second kappa shape index (κ2) is 7.08. The summed E-state index contributed by atoms with van der Waals surface area (Å²) in [5.41, 5.74) is 0. The van der Waals surface area contributed by atoms with Crippen LogP contribution in [0, 0.1) is 0 Å². The smallest absolute Gasteiger partial charge is 0.327 e. The molecule has 6 heteroatoms. The van der Waals surface area contributed by atoms with Crippen molar-refractivity contribution in [3.05, 3.63) is 0 Å². The van der Waals surface area contributed by atoms with Crippen LogP contribution in [0.4, 0.5) is 0 Å². The maximum atomic E-state index is 11.0. The standard InChI is InChI=1S/C7H13NO3S2/c9-6(2-1-3-12)8-5(4-13)7(10)11/h5,12-13H,1-4H2,(H,8,9)(H,10,11)/t5-/m0/s1. The van der Waals surface area contributed by atoms with Crippen LogP contribution in [-0.2, 0) is 9.59 Å². The molecule has 0 aromatic heterocycles. The monoisotopic (exact) mass is 223 g/mol. The summed E-state index contributed by atoms with van der Waals surface area (Å²) >= 11 is 7.75. The van der Waals surface area contributed by atoms with Gasteiger partial charge in [0, 0.05) is 12.2 Å². The maximum absolute atomic E-state index is 11.0. The van der Waals surface area contributed by atoms with Crippen molar-refractivity contribution >= 4 is 37.1 Å². The summed E-state index contributed by atoms with van der Waals surface area (Å²) in [6.07, 6.45) is 0.953. The van der Waals surface area contributed by atoms with E-state index in [9.17, 15) is 9.59 Å². The van der Waals surface area contributed by atoms with Crippen molar-refractivity contribution in [2.75, 3.05) is 11.5 Å². The number of amides is 1. The Bertz CT molecular complexity index is 187. The Kier molecular flexibility index (Phi) is 6.89. The molecule has 0 aliphatic rings. The average Bonchev–Trinajstić information content (AvgIpc) is 2.10. The minimum absolute atomic E-state index is 0.0992. The van der Waals surface area contributed by atoms with Gasteiger partial charge in [0.15, 0.2) is 0 Å². The first-order valence-electron chi connectivity index (χ1n) is 3.85. The molecule has 0 aromatic carbocycles. The van der Waals surface area contributed by atoms with Gasteiger partial charge in [-0.25, -0.2) is 4.79 Å². The van der Waals surface area contributed by atoms with Crippen LogP contribution in [-0.4, -0.2) is 34.5 Å². The van der Waals surface area contributed by atoms with Gasteiger partial charge in [0.2, 0.25) is 5.91 Å². The maximum Gasteiger partial charge on any atom is 0.327 e. The Morgan fingerprint density at radius 3 is 2.38 bits per heavy atom. The third-order valence-electron chi connectivity index (χ3n) is 1.38. The topological polar surface area (TPSA) is 66.4 Å². The predicted octanol–water partition coefficient (Wildman–Crippen LogP) is 0.196. The molecule has 0 bridgehead atoms. The summed E-state index contributed by atoms with van der Waals surface area (Å²) < 4.78 is 0.